The lowest BCUT2D eigenvalue weighted by atomic mass is 9.96. The van der Waals surface area contributed by atoms with Gasteiger partial charge in [-0.25, -0.2) is 19.2 Å². The van der Waals surface area contributed by atoms with Crippen molar-refractivity contribution < 1.29 is 23.8 Å². The fourth-order valence-corrected chi connectivity index (χ4v) is 5.02. The first-order chi connectivity index (χ1) is 16.6. The Balaban J connectivity index is 1.60. The highest BCUT2D eigenvalue weighted by Crippen LogP contribution is 2.49. The summed E-state index contributed by atoms with van der Waals surface area (Å²) in [7, 11) is 0. The first kappa shape index (κ1) is 23.4. The number of rotatable bonds is 1. The summed E-state index contributed by atoms with van der Waals surface area (Å²) >= 11 is 6.76. The third-order valence-corrected chi connectivity index (χ3v) is 6.59. The molecule has 1 N–H and O–H groups in total. The molecule has 0 radical (unpaired) electrons. The minimum absolute atomic E-state index is 0.0321. The summed E-state index contributed by atoms with van der Waals surface area (Å²) in [5.41, 5.74) is 0.429. The molecule has 3 heterocycles. The summed E-state index contributed by atoms with van der Waals surface area (Å²) in [4.78, 5) is 25.0. The van der Waals surface area contributed by atoms with Crippen molar-refractivity contribution in [1.82, 2.24) is 14.9 Å². The topological polar surface area (TPSA) is 88.0 Å². The zero-order valence-corrected chi connectivity index (χ0v) is 20.7. The Hall–Kier alpha value is -3.33. The van der Waals surface area contributed by atoms with Crippen molar-refractivity contribution in [3.05, 3.63) is 40.9 Å². The first-order valence-electron chi connectivity index (χ1n) is 11.4. The van der Waals surface area contributed by atoms with Gasteiger partial charge in [0, 0.05) is 30.8 Å². The largest absolute Gasteiger partial charge is 0.507 e. The minimum atomic E-state index is -0.656. The van der Waals surface area contributed by atoms with Crippen LogP contribution in [0.1, 0.15) is 26.3 Å². The molecule has 0 spiro atoms. The average molecular weight is 501 g/mol. The fraction of sp³-hybridized carbons (Fsp3) is 0.400. The monoisotopic (exact) mass is 500 g/mol. The lowest BCUT2D eigenvalue weighted by Crippen LogP contribution is -2.57. The molecule has 1 saturated heterocycles. The molecule has 0 unspecified atom stereocenters. The minimum Gasteiger partial charge on any atom is -0.507 e. The number of ether oxygens (including phenoxy) is 2. The second kappa shape index (κ2) is 8.41. The van der Waals surface area contributed by atoms with Gasteiger partial charge in [0.05, 0.1) is 16.5 Å². The maximum absolute atomic E-state index is 15.9. The van der Waals surface area contributed by atoms with E-state index in [2.05, 4.69) is 9.97 Å². The molecule has 2 aliphatic rings. The van der Waals surface area contributed by atoms with Gasteiger partial charge in [0.15, 0.2) is 11.6 Å². The van der Waals surface area contributed by atoms with Crippen molar-refractivity contribution >= 4 is 34.4 Å². The number of aromatic nitrogens is 2. The molecule has 0 bridgehead atoms. The maximum atomic E-state index is 15.9. The Bertz CT molecular complexity index is 1320. The number of piperazine rings is 1. The zero-order chi connectivity index (χ0) is 25.1. The number of phenolic OH excluding ortho intramolecular Hbond substituents is 1. The van der Waals surface area contributed by atoms with Crippen LogP contribution >= 0.6 is 11.6 Å². The van der Waals surface area contributed by atoms with Gasteiger partial charge < -0.3 is 24.4 Å². The molecule has 1 fully saturated rings. The van der Waals surface area contributed by atoms with Crippen LogP contribution < -0.4 is 9.64 Å². The number of phenols is 1. The number of carbonyl (C=O) groups excluding carboxylic acids is 1. The van der Waals surface area contributed by atoms with Crippen LogP contribution in [0.4, 0.5) is 15.0 Å². The second-order valence-corrected chi connectivity index (χ2v) is 10.2. The van der Waals surface area contributed by atoms with Crippen LogP contribution in [0.3, 0.4) is 0 Å². The highest BCUT2D eigenvalue weighted by Gasteiger charge is 2.38. The Morgan fingerprint density at radius 2 is 2.03 bits per heavy atom. The Kier molecular flexibility index (Phi) is 5.62. The van der Waals surface area contributed by atoms with E-state index in [-0.39, 0.29) is 45.8 Å². The van der Waals surface area contributed by atoms with E-state index in [1.807, 2.05) is 25.7 Å². The molecule has 5 rings (SSSR count). The SMILES string of the molecule is Cc1cccc(O)c1-c1c(Cl)c2c3c(ncnc3c1F)N1CCN(C(=O)OC(C)(C)C)C[C@H]1CO2. The quantitative estimate of drug-likeness (QED) is 0.507. The highest BCUT2D eigenvalue weighted by molar-refractivity contribution is 6.36. The van der Waals surface area contributed by atoms with Crippen molar-refractivity contribution in [2.24, 2.45) is 0 Å². The third-order valence-electron chi connectivity index (χ3n) is 6.23. The van der Waals surface area contributed by atoms with E-state index in [4.69, 9.17) is 21.1 Å². The molecule has 8 nitrogen and oxygen atoms in total. The number of anilines is 1. The van der Waals surface area contributed by atoms with Crippen molar-refractivity contribution in [1.29, 1.82) is 0 Å². The number of halogens is 2. The number of amides is 1. The normalized spacial score (nSPS) is 17.6. The van der Waals surface area contributed by atoms with Gasteiger partial charge in [0.25, 0.3) is 0 Å². The first-order valence-corrected chi connectivity index (χ1v) is 11.8. The molecular weight excluding hydrogens is 475 g/mol. The van der Waals surface area contributed by atoms with Crippen LogP contribution in [0, 0.1) is 12.7 Å². The van der Waals surface area contributed by atoms with Gasteiger partial charge in [-0.1, -0.05) is 23.7 Å². The van der Waals surface area contributed by atoms with Gasteiger partial charge in [-0.15, -0.1) is 0 Å². The third kappa shape index (κ3) is 3.97. The van der Waals surface area contributed by atoms with Gasteiger partial charge in [0.1, 0.15) is 35.6 Å². The van der Waals surface area contributed by atoms with Crippen LogP contribution in [-0.2, 0) is 4.74 Å². The molecule has 1 atom stereocenters. The van der Waals surface area contributed by atoms with Crippen LogP contribution in [0.2, 0.25) is 5.02 Å². The van der Waals surface area contributed by atoms with Gasteiger partial charge in [-0.3, -0.25) is 0 Å². The van der Waals surface area contributed by atoms with Crippen molar-refractivity contribution in [2.75, 3.05) is 31.1 Å². The van der Waals surface area contributed by atoms with Crippen LogP contribution in [-0.4, -0.2) is 64.0 Å². The standard InChI is InChI=1S/C25H26ClFN4O4/c1-13-6-5-7-15(32)16(13)17-19(26)22-18-21(20(17)27)28-12-29-23(18)31-9-8-30(10-14(31)11-34-22)24(33)35-25(2,3)4/h5-7,12,14,32H,8-11H2,1-4H3/t14-/m0/s1. The number of nitrogens with zero attached hydrogens (tertiary/aromatic N) is 4. The number of aryl methyl sites for hydroxylation is 1. The highest BCUT2D eigenvalue weighted by atomic mass is 35.5. The lowest BCUT2D eigenvalue weighted by Gasteiger charge is -2.41. The number of hydrogen-bond donors (Lipinski definition) is 1. The Morgan fingerprint density at radius 1 is 1.26 bits per heavy atom. The smallest absolute Gasteiger partial charge is 0.410 e. The Labute approximate surface area is 207 Å². The van der Waals surface area contributed by atoms with Crippen molar-refractivity contribution in [3.8, 4) is 22.6 Å². The van der Waals surface area contributed by atoms with Crippen molar-refractivity contribution in [2.45, 2.75) is 39.3 Å². The molecule has 1 amide bonds. The Morgan fingerprint density at radius 3 is 2.74 bits per heavy atom. The number of carbonyl (C=O) groups is 1. The van der Waals surface area contributed by atoms with E-state index in [9.17, 15) is 9.90 Å². The molecular formula is C25H26ClFN4O4. The van der Waals surface area contributed by atoms with E-state index in [1.165, 1.54) is 12.4 Å². The molecule has 0 saturated carbocycles. The molecule has 10 heteroatoms. The molecule has 1 aromatic heterocycles. The molecule has 3 aromatic rings. The number of benzene rings is 2. The molecule has 2 aliphatic heterocycles. The van der Waals surface area contributed by atoms with E-state index < -0.39 is 17.5 Å². The molecule has 184 valence electrons. The molecule has 0 aliphatic carbocycles. The van der Waals surface area contributed by atoms with Crippen molar-refractivity contribution in [3.63, 3.8) is 0 Å². The maximum Gasteiger partial charge on any atom is 0.410 e. The summed E-state index contributed by atoms with van der Waals surface area (Å²) in [5, 5.41) is 10.9. The van der Waals surface area contributed by atoms with E-state index in [1.54, 1.807) is 24.0 Å². The summed E-state index contributed by atoms with van der Waals surface area (Å²) in [6, 6.07) is 4.68. The summed E-state index contributed by atoms with van der Waals surface area (Å²) in [5.74, 6) is 0.00865. The molecule has 2 aromatic carbocycles. The lowest BCUT2D eigenvalue weighted by molar-refractivity contribution is 0.0202. The summed E-state index contributed by atoms with van der Waals surface area (Å²) in [6.45, 7) is 8.65. The summed E-state index contributed by atoms with van der Waals surface area (Å²) < 4.78 is 27.7. The van der Waals surface area contributed by atoms with Crippen LogP contribution in [0.25, 0.3) is 22.0 Å². The van der Waals surface area contributed by atoms with E-state index in [0.717, 1.165) is 0 Å². The van der Waals surface area contributed by atoms with Crippen LogP contribution in [0.15, 0.2) is 24.5 Å². The number of fused-ring (bicyclic) bond motifs is 2. The van der Waals surface area contributed by atoms with Crippen LogP contribution in [0.5, 0.6) is 11.5 Å². The van der Waals surface area contributed by atoms with Gasteiger partial charge >= 0.3 is 6.09 Å². The second-order valence-electron chi connectivity index (χ2n) is 9.81. The van der Waals surface area contributed by atoms with Gasteiger partial charge in [-0.05, 0) is 39.3 Å². The predicted molar refractivity (Wildman–Crippen MR) is 131 cm³/mol. The average Bonchev–Trinajstić information content (AvgIpc) is 2.95. The summed E-state index contributed by atoms with van der Waals surface area (Å²) in [6.07, 6.45) is 0.913. The van der Waals surface area contributed by atoms with E-state index in [0.29, 0.717) is 36.4 Å². The van der Waals surface area contributed by atoms with Gasteiger partial charge in [0.2, 0.25) is 0 Å². The predicted octanol–water partition coefficient (Wildman–Crippen LogP) is 4.92. The fourth-order valence-electron chi connectivity index (χ4n) is 4.69. The molecule has 35 heavy (non-hydrogen) atoms. The number of aromatic hydroxyl groups is 1. The van der Waals surface area contributed by atoms with E-state index >= 15 is 4.39 Å². The van der Waals surface area contributed by atoms with Gasteiger partial charge in [-0.2, -0.15) is 0 Å². The zero-order valence-electron chi connectivity index (χ0n) is 19.9. The number of hydrogen-bond acceptors (Lipinski definition) is 7.